The third-order valence-electron chi connectivity index (χ3n) is 8.10. The predicted molar refractivity (Wildman–Crippen MR) is 178 cm³/mol. The highest BCUT2D eigenvalue weighted by Gasteiger charge is 2.37. The zero-order valence-electron chi connectivity index (χ0n) is 26.0. The van der Waals surface area contributed by atoms with Crippen LogP contribution in [0.1, 0.15) is 39.7 Å². The number of hydrogen-bond acceptors (Lipinski definition) is 11. The van der Waals surface area contributed by atoms with E-state index in [1.165, 1.54) is 54.7 Å². The molecule has 3 aromatic rings. The molecule has 2 amide bonds. The number of urea groups is 1. The monoisotopic (exact) mass is 706 g/mol. The first kappa shape index (κ1) is 34.4. The predicted octanol–water partition coefficient (Wildman–Crippen LogP) is 1.74. The van der Waals surface area contributed by atoms with Gasteiger partial charge in [-0.2, -0.15) is 4.98 Å². The van der Waals surface area contributed by atoms with E-state index in [9.17, 15) is 44.0 Å². The lowest BCUT2D eigenvalue weighted by Gasteiger charge is -2.19. The number of carbonyl (C=O) groups is 3. The third-order valence-corrected chi connectivity index (χ3v) is 9.22. The number of ether oxygens (including phenoxy) is 1. The van der Waals surface area contributed by atoms with Gasteiger partial charge in [0.1, 0.15) is 23.9 Å². The normalized spacial score (nSPS) is 20.6. The largest absolute Gasteiger partial charge is 0.508 e. The number of rotatable bonds is 11. The van der Waals surface area contributed by atoms with E-state index in [1.54, 1.807) is 12.1 Å². The van der Waals surface area contributed by atoms with Gasteiger partial charge < -0.3 is 41.3 Å². The lowest BCUT2D eigenvalue weighted by Crippen LogP contribution is -2.34. The number of allylic oxidation sites excluding steroid dienone is 5. The Morgan fingerprint density at radius 2 is 1.88 bits per heavy atom. The first-order chi connectivity index (χ1) is 23.8. The van der Waals surface area contributed by atoms with Gasteiger partial charge in [-0.1, -0.05) is 6.07 Å². The van der Waals surface area contributed by atoms with Crippen LogP contribution < -0.4 is 27.1 Å². The van der Waals surface area contributed by atoms with E-state index < -0.39 is 50.5 Å². The summed E-state index contributed by atoms with van der Waals surface area (Å²) >= 11 is 0. The van der Waals surface area contributed by atoms with Gasteiger partial charge in [-0.3, -0.25) is 13.9 Å². The van der Waals surface area contributed by atoms with Crippen molar-refractivity contribution in [2.45, 2.75) is 24.9 Å². The lowest BCUT2D eigenvalue weighted by atomic mass is 9.91. The molecule has 9 N–H and O–H groups in total. The standard InChI is InChI=1S/C32H31N6O11P/c33-27-7-10-38(32(45)37-27)28-14-25(41)26(49-28)15-48-50(46,47)35-9-8-34-31(44)36-16-1-4-21(30(42)43)24(11-16)29-19-5-2-17(39)12-22(19)23-13-18(40)3-6-20(23)29/h1-7,10-13,25-26,28,39,41H,8-9,14-15H2,(H,42,43)(H2,33,37,45)(H2,34,36,44)(H2,35,46,47)/t25-,26+,28+/m0/s1. The van der Waals surface area contributed by atoms with E-state index in [0.717, 1.165) is 4.57 Å². The van der Waals surface area contributed by atoms with Crippen molar-refractivity contribution in [3.63, 3.8) is 0 Å². The molecule has 0 spiro atoms. The fourth-order valence-electron chi connectivity index (χ4n) is 5.84. The number of aromatic carboxylic acids is 1. The summed E-state index contributed by atoms with van der Waals surface area (Å²) in [6.45, 7) is -0.810. The Bertz CT molecular complexity index is 2110. The van der Waals surface area contributed by atoms with Gasteiger partial charge in [0.25, 0.3) is 0 Å². The molecule has 1 unspecified atom stereocenters. The molecule has 0 radical (unpaired) electrons. The third kappa shape index (κ3) is 7.28. The van der Waals surface area contributed by atoms with Crippen molar-refractivity contribution in [3.8, 4) is 5.75 Å². The summed E-state index contributed by atoms with van der Waals surface area (Å²) in [6, 6.07) is 9.48. The number of carboxylic acid groups (broad SMARTS) is 1. The molecule has 260 valence electrons. The summed E-state index contributed by atoms with van der Waals surface area (Å²) < 4.78 is 24.3. The molecule has 17 nitrogen and oxygen atoms in total. The van der Waals surface area contributed by atoms with Crippen molar-refractivity contribution in [2.24, 2.45) is 0 Å². The number of fused-ring (bicyclic) bond motifs is 3. The van der Waals surface area contributed by atoms with Gasteiger partial charge in [0, 0.05) is 31.4 Å². The summed E-state index contributed by atoms with van der Waals surface area (Å²) in [5.41, 5.74) is 8.02. The summed E-state index contributed by atoms with van der Waals surface area (Å²) in [4.78, 5) is 63.0. The minimum absolute atomic E-state index is 0.00893. The van der Waals surface area contributed by atoms with Crippen LogP contribution >= 0.6 is 7.75 Å². The highest BCUT2D eigenvalue weighted by Crippen LogP contribution is 2.48. The maximum atomic E-state index is 12.7. The van der Waals surface area contributed by atoms with Crippen molar-refractivity contribution in [1.29, 1.82) is 0 Å². The second-order valence-corrected chi connectivity index (χ2v) is 13.1. The molecular weight excluding hydrogens is 675 g/mol. The summed E-state index contributed by atoms with van der Waals surface area (Å²) in [6.07, 6.45) is 2.72. The molecular formula is C32H31N6O11P. The van der Waals surface area contributed by atoms with Crippen LogP contribution in [0, 0.1) is 0 Å². The van der Waals surface area contributed by atoms with Crippen LogP contribution in [0.5, 0.6) is 5.75 Å². The molecule has 4 atom stereocenters. The number of benzene rings is 2. The van der Waals surface area contributed by atoms with E-state index in [1.807, 2.05) is 0 Å². The van der Waals surface area contributed by atoms with Gasteiger partial charge in [0.15, 0.2) is 5.78 Å². The van der Waals surface area contributed by atoms with Crippen molar-refractivity contribution in [1.82, 2.24) is 20.0 Å². The molecule has 18 heteroatoms. The quantitative estimate of drug-likeness (QED) is 0.104. The molecule has 2 heterocycles. The van der Waals surface area contributed by atoms with Crippen molar-refractivity contribution >= 4 is 48.2 Å². The lowest BCUT2D eigenvalue weighted by molar-refractivity contribution is -0.110. The van der Waals surface area contributed by atoms with Crippen LogP contribution in [0.2, 0.25) is 0 Å². The number of nitrogens with one attached hydrogen (secondary N) is 3. The highest BCUT2D eigenvalue weighted by atomic mass is 31.2. The van der Waals surface area contributed by atoms with Gasteiger partial charge in [-0.15, -0.1) is 0 Å². The van der Waals surface area contributed by atoms with Gasteiger partial charge in [-0.25, -0.2) is 24.0 Å². The number of aromatic hydroxyl groups is 1. The molecule has 50 heavy (non-hydrogen) atoms. The van der Waals surface area contributed by atoms with Crippen LogP contribution in [0.4, 0.5) is 16.3 Å². The van der Waals surface area contributed by atoms with E-state index in [2.05, 4.69) is 20.7 Å². The molecule has 1 fully saturated rings. The molecule has 0 bridgehead atoms. The van der Waals surface area contributed by atoms with Crippen LogP contribution in [-0.4, -0.2) is 79.5 Å². The number of carbonyl (C=O) groups excluding carboxylic acids is 2. The Kier molecular flexibility index (Phi) is 9.53. The number of phenols is 1. The van der Waals surface area contributed by atoms with E-state index in [-0.39, 0.29) is 53.7 Å². The zero-order valence-corrected chi connectivity index (χ0v) is 26.9. The number of hydrogen-bond donors (Lipinski definition) is 8. The zero-order chi connectivity index (χ0) is 35.7. The first-order valence-electron chi connectivity index (χ1n) is 15.1. The number of aliphatic hydroxyl groups excluding tert-OH is 1. The second kappa shape index (κ2) is 13.8. The Labute approximate surface area is 283 Å². The number of ketones is 1. The number of aliphatic hydroxyl groups is 1. The summed E-state index contributed by atoms with van der Waals surface area (Å²) in [5, 5.41) is 37.8. The van der Waals surface area contributed by atoms with Crippen LogP contribution in [0.3, 0.4) is 0 Å². The average Bonchev–Trinajstić information content (AvgIpc) is 3.58. The molecule has 1 aromatic heterocycles. The Hall–Kier alpha value is -5.42. The topological polar surface area (TPSA) is 265 Å². The average molecular weight is 707 g/mol. The van der Waals surface area contributed by atoms with Crippen LogP contribution in [0.15, 0.2) is 77.3 Å². The Morgan fingerprint density at radius 1 is 1.08 bits per heavy atom. The second-order valence-electron chi connectivity index (χ2n) is 11.5. The maximum Gasteiger partial charge on any atom is 0.403 e. The molecule has 2 aliphatic carbocycles. The van der Waals surface area contributed by atoms with Crippen molar-refractivity contribution in [2.75, 3.05) is 30.7 Å². The van der Waals surface area contributed by atoms with E-state index in [0.29, 0.717) is 27.8 Å². The molecule has 6 rings (SSSR count). The first-order valence-corrected chi connectivity index (χ1v) is 16.7. The van der Waals surface area contributed by atoms with Crippen molar-refractivity contribution in [3.05, 3.63) is 105 Å². The highest BCUT2D eigenvalue weighted by molar-refractivity contribution is 7.50. The van der Waals surface area contributed by atoms with Gasteiger partial charge in [-0.05, 0) is 88.0 Å². The molecule has 1 saturated heterocycles. The summed E-state index contributed by atoms with van der Waals surface area (Å²) in [5.74, 6) is -1.49. The number of nitrogens with zero attached hydrogens (tertiary/aromatic N) is 2. The number of nitrogens with two attached hydrogens (primary N) is 1. The maximum absolute atomic E-state index is 12.7. The van der Waals surface area contributed by atoms with Crippen molar-refractivity contribution < 1.29 is 48.4 Å². The Balaban J connectivity index is 1.05. The molecule has 1 aliphatic heterocycles. The van der Waals surface area contributed by atoms with Gasteiger partial charge in [0.05, 0.1) is 18.3 Å². The minimum Gasteiger partial charge on any atom is -0.508 e. The van der Waals surface area contributed by atoms with Gasteiger partial charge in [0.2, 0.25) is 0 Å². The number of aromatic nitrogens is 2. The number of anilines is 2. The number of amides is 2. The van der Waals surface area contributed by atoms with E-state index in [4.69, 9.17) is 15.0 Å². The number of nitrogen functional groups attached to an aromatic ring is 1. The fourth-order valence-corrected chi connectivity index (χ4v) is 6.67. The van der Waals surface area contributed by atoms with E-state index >= 15 is 0 Å². The summed E-state index contributed by atoms with van der Waals surface area (Å²) in [7, 11) is -4.40. The minimum atomic E-state index is -4.40. The SMILES string of the molecule is Nc1ccn([C@H]2C[C@H](O)[C@@H](COP(=O)(O)NCCNC(=O)Nc3ccc(C(=O)O)c(C4=C5C=CC(=O)C=C5c5cc(O)ccc54)c3)O2)c(=O)n1. The van der Waals surface area contributed by atoms with Crippen LogP contribution in [0.25, 0.3) is 11.1 Å². The molecule has 2 aromatic carbocycles. The van der Waals surface area contributed by atoms with Gasteiger partial charge >= 0.3 is 25.4 Å². The molecule has 3 aliphatic rings. The molecule has 0 saturated carbocycles. The number of carboxylic acids is 1. The van der Waals surface area contributed by atoms with Crippen LogP contribution in [-0.2, 0) is 18.6 Å². The fraction of sp³-hybridized carbons (Fsp3) is 0.219. The Morgan fingerprint density at radius 3 is 2.64 bits per heavy atom. The smallest absolute Gasteiger partial charge is 0.403 e. The number of phenolic OH excluding ortho intramolecular Hbond substituents is 1.